The second-order valence-electron chi connectivity index (χ2n) is 10.1. The van der Waals surface area contributed by atoms with E-state index in [9.17, 15) is 10.1 Å². The molecule has 0 unspecified atom stereocenters. The van der Waals surface area contributed by atoms with Crippen molar-refractivity contribution in [2.75, 3.05) is 73.6 Å². The fourth-order valence-electron chi connectivity index (χ4n) is 6.01. The Labute approximate surface area is 230 Å². The summed E-state index contributed by atoms with van der Waals surface area (Å²) in [7, 11) is 0. The topological polar surface area (TPSA) is 78.7 Å². The van der Waals surface area contributed by atoms with Gasteiger partial charge in [-0.1, -0.05) is 36.4 Å². The van der Waals surface area contributed by atoms with Crippen molar-refractivity contribution in [3.8, 4) is 6.07 Å². The molecule has 1 amide bonds. The standard InChI is InChI=1S/C29H33N7O.ClH/c1-21(37)33-15-17-35(18-16-33)29-25(19-30)26-20-36(27-8-4-6-22-5-2-3-7-23(22)27)12-9-24(26)28(32-29)34-13-10-31-11-14-34;/h2-8,31H,9-18,20H2,1H3;1H. The van der Waals surface area contributed by atoms with Gasteiger partial charge in [-0.3, -0.25) is 4.79 Å². The van der Waals surface area contributed by atoms with Gasteiger partial charge in [0.1, 0.15) is 17.7 Å². The number of rotatable bonds is 3. The van der Waals surface area contributed by atoms with Gasteiger partial charge in [-0.25, -0.2) is 4.98 Å². The summed E-state index contributed by atoms with van der Waals surface area (Å²) in [6.07, 6.45) is 0.859. The summed E-state index contributed by atoms with van der Waals surface area (Å²) in [5, 5.41) is 16.4. The van der Waals surface area contributed by atoms with Crippen LogP contribution in [0.15, 0.2) is 42.5 Å². The van der Waals surface area contributed by atoms with Crippen LogP contribution in [0.5, 0.6) is 0 Å². The Hall–Kier alpha value is -3.54. The van der Waals surface area contributed by atoms with Gasteiger partial charge in [-0.2, -0.15) is 5.26 Å². The third-order valence-corrected chi connectivity index (χ3v) is 8.01. The first-order valence-electron chi connectivity index (χ1n) is 13.3. The number of nitrogens with zero attached hydrogens (tertiary/aromatic N) is 6. The number of halogens is 1. The number of nitrogens with one attached hydrogen (secondary N) is 1. The third kappa shape index (κ3) is 4.72. The molecule has 198 valence electrons. The minimum Gasteiger partial charge on any atom is -0.366 e. The highest BCUT2D eigenvalue weighted by Crippen LogP contribution is 2.38. The molecule has 38 heavy (non-hydrogen) atoms. The molecule has 2 aromatic carbocycles. The largest absolute Gasteiger partial charge is 0.366 e. The van der Waals surface area contributed by atoms with E-state index in [0.717, 1.165) is 56.3 Å². The lowest BCUT2D eigenvalue weighted by Gasteiger charge is -2.39. The number of pyridine rings is 1. The Balaban J connectivity index is 0.00000294. The number of fused-ring (bicyclic) bond motifs is 2. The Kier molecular flexibility index (Phi) is 7.59. The van der Waals surface area contributed by atoms with Crippen LogP contribution in [0.3, 0.4) is 0 Å². The number of carbonyl (C=O) groups excluding carboxylic acids is 1. The van der Waals surface area contributed by atoms with Crippen molar-refractivity contribution in [1.29, 1.82) is 5.26 Å². The molecule has 0 aliphatic carbocycles. The summed E-state index contributed by atoms with van der Waals surface area (Å²) in [4.78, 5) is 26.0. The van der Waals surface area contributed by atoms with Gasteiger partial charge in [0.15, 0.2) is 0 Å². The third-order valence-electron chi connectivity index (χ3n) is 8.01. The zero-order valence-corrected chi connectivity index (χ0v) is 22.6. The molecule has 0 spiro atoms. The lowest BCUT2D eigenvalue weighted by molar-refractivity contribution is -0.129. The lowest BCUT2D eigenvalue weighted by atomic mass is 9.94. The predicted molar refractivity (Wildman–Crippen MR) is 154 cm³/mol. The number of hydrogen-bond acceptors (Lipinski definition) is 7. The zero-order valence-electron chi connectivity index (χ0n) is 21.8. The van der Waals surface area contributed by atoms with Gasteiger partial charge >= 0.3 is 0 Å². The number of nitriles is 1. The minimum absolute atomic E-state index is 0. The minimum atomic E-state index is 0. The molecule has 3 aromatic rings. The van der Waals surface area contributed by atoms with Gasteiger partial charge in [0.2, 0.25) is 5.91 Å². The van der Waals surface area contributed by atoms with Crippen molar-refractivity contribution in [2.45, 2.75) is 19.9 Å². The fourth-order valence-corrected chi connectivity index (χ4v) is 6.01. The number of carbonyl (C=O) groups is 1. The van der Waals surface area contributed by atoms with E-state index in [-0.39, 0.29) is 18.3 Å². The summed E-state index contributed by atoms with van der Waals surface area (Å²) in [6, 6.07) is 17.5. The van der Waals surface area contributed by atoms with E-state index in [4.69, 9.17) is 4.98 Å². The Morgan fingerprint density at radius 2 is 1.58 bits per heavy atom. The highest BCUT2D eigenvalue weighted by Gasteiger charge is 2.31. The summed E-state index contributed by atoms with van der Waals surface area (Å²) in [6.45, 7) is 9.59. The van der Waals surface area contributed by atoms with Gasteiger partial charge in [0, 0.05) is 89.0 Å². The van der Waals surface area contributed by atoms with E-state index < -0.39 is 0 Å². The molecule has 0 bridgehead atoms. The number of anilines is 3. The fraction of sp³-hybridized carbons (Fsp3) is 0.414. The van der Waals surface area contributed by atoms with Crippen LogP contribution in [-0.2, 0) is 17.8 Å². The van der Waals surface area contributed by atoms with Gasteiger partial charge in [-0.05, 0) is 23.4 Å². The normalized spacial score (nSPS) is 17.6. The first kappa shape index (κ1) is 26.1. The molecule has 4 heterocycles. The molecule has 0 radical (unpaired) electrons. The Morgan fingerprint density at radius 1 is 0.868 bits per heavy atom. The quantitative estimate of drug-likeness (QED) is 0.556. The van der Waals surface area contributed by atoms with Crippen molar-refractivity contribution in [1.82, 2.24) is 15.2 Å². The molecule has 0 atom stereocenters. The van der Waals surface area contributed by atoms with Crippen LogP contribution < -0.4 is 20.0 Å². The monoisotopic (exact) mass is 531 g/mol. The number of benzene rings is 2. The van der Waals surface area contributed by atoms with Crippen LogP contribution in [0.2, 0.25) is 0 Å². The van der Waals surface area contributed by atoms with Gasteiger partial charge in [0.25, 0.3) is 0 Å². The van der Waals surface area contributed by atoms with Crippen LogP contribution in [0.4, 0.5) is 17.3 Å². The molecule has 2 saturated heterocycles. The maximum Gasteiger partial charge on any atom is 0.219 e. The first-order valence-corrected chi connectivity index (χ1v) is 13.3. The molecule has 3 aliphatic rings. The second-order valence-corrected chi connectivity index (χ2v) is 10.1. The van der Waals surface area contributed by atoms with Crippen molar-refractivity contribution < 1.29 is 4.79 Å². The van der Waals surface area contributed by atoms with Crippen molar-refractivity contribution in [3.05, 3.63) is 59.2 Å². The average Bonchev–Trinajstić information content (AvgIpc) is 2.96. The molecule has 0 saturated carbocycles. The molecule has 8 nitrogen and oxygen atoms in total. The van der Waals surface area contributed by atoms with Gasteiger partial charge in [0.05, 0.1) is 5.56 Å². The molecular weight excluding hydrogens is 498 g/mol. The zero-order chi connectivity index (χ0) is 25.4. The number of amides is 1. The van der Waals surface area contributed by atoms with E-state index in [1.54, 1.807) is 6.92 Å². The SMILES string of the molecule is CC(=O)N1CCN(c2nc(N3CCNCC3)c3c(c2C#N)CN(c2cccc4ccccc24)CC3)CC1.Cl. The number of aromatic nitrogens is 1. The van der Waals surface area contributed by atoms with Crippen molar-refractivity contribution in [3.63, 3.8) is 0 Å². The van der Waals surface area contributed by atoms with Gasteiger partial charge < -0.3 is 24.9 Å². The summed E-state index contributed by atoms with van der Waals surface area (Å²) in [5.41, 5.74) is 4.23. The number of piperazine rings is 2. The van der Waals surface area contributed by atoms with Crippen LogP contribution >= 0.6 is 12.4 Å². The Bertz CT molecular complexity index is 1370. The van der Waals surface area contributed by atoms with Gasteiger partial charge in [-0.15, -0.1) is 12.4 Å². The van der Waals surface area contributed by atoms with Crippen molar-refractivity contribution >= 4 is 46.4 Å². The molecule has 9 heteroatoms. The summed E-state index contributed by atoms with van der Waals surface area (Å²) >= 11 is 0. The van der Waals surface area contributed by atoms with E-state index in [0.29, 0.717) is 38.3 Å². The molecular formula is C29H34ClN7O. The second kappa shape index (κ2) is 11.1. The average molecular weight is 532 g/mol. The van der Waals surface area contributed by atoms with Crippen LogP contribution in [0, 0.1) is 11.3 Å². The molecule has 1 N–H and O–H groups in total. The highest BCUT2D eigenvalue weighted by atomic mass is 35.5. The smallest absolute Gasteiger partial charge is 0.219 e. The van der Waals surface area contributed by atoms with Crippen molar-refractivity contribution in [2.24, 2.45) is 0 Å². The molecule has 2 fully saturated rings. The lowest BCUT2D eigenvalue weighted by Crippen LogP contribution is -2.49. The number of hydrogen-bond donors (Lipinski definition) is 1. The highest BCUT2D eigenvalue weighted by molar-refractivity contribution is 5.94. The molecule has 1 aromatic heterocycles. The van der Waals surface area contributed by atoms with Crippen LogP contribution in [0.25, 0.3) is 10.8 Å². The van der Waals surface area contributed by atoms with Crippen LogP contribution in [0.1, 0.15) is 23.6 Å². The Morgan fingerprint density at radius 3 is 2.32 bits per heavy atom. The van der Waals surface area contributed by atoms with Crippen LogP contribution in [-0.4, -0.2) is 74.7 Å². The van der Waals surface area contributed by atoms with E-state index >= 15 is 0 Å². The van der Waals surface area contributed by atoms with E-state index in [1.165, 1.54) is 22.0 Å². The summed E-state index contributed by atoms with van der Waals surface area (Å²) < 4.78 is 0. The van der Waals surface area contributed by atoms with E-state index in [2.05, 4.69) is 68.6 Å². The predicted octanol–water partition coefficient (Wildman–Crippen LogP) is 3.17. The molecule has 6 rings (SSSR count). The maximum absolute atomic E-state index is 11.9. The summed E-state index contributed by atoms with van der Waals surface area (Å²) in [5.74, 6) is 1.92. The van der Waals surface area contributed by atoms with E-state index in [1.807, 2.05) is 4.90 Å². The first-order chi connectivity index (χ1) is 18.1. The molecule has 3 aliphatic heterocycles. The maximum atomic E-state index is 11.9.